The van der Waals surface area contributed by atoms with E-state index in [2.05, 4.69) is 0 Å². The lowest BCUT2D eigenvalue weighted by atomic mass is 10.1. The normalized spacial score (nSPS) is 14.7. The smallest absolute Gasteiger partial charge is 0.119 e. The molecule has 1 rings (SSSR count). The fourth-order valence-electron chi connectivity index (χ4n) is 1.03. The molecule has 1 unspecified atom stereocenters. The van der Waals surface area contributed by atoms with Gasteiger partial charge in [-0.25, -0.2) is 0 Å². The molecule has 0 aromatic heterocycles. The molecule has 84 valence electrons. The lowest BCUT2D eigenvalue weighted by Crippen LogP contribution is -2.45. The van der Waals surface area contributed by atoms with Crippen LogP contribution in [-0.2, 0) is 6.61 Å². The first-order valence-electron chi connectivity index (χ1n) is 4.80. The lowest BCUT2D eigenvalue weighted by molar-refractivity contribution is 0.146. The second kappa shape index (κ2) is 5.11. The van der Waals surface area contributed by atoms with Crippen LogP contribution in [0, 0.1) is 0 Å². The van der Waals surface area contributed by atoms with E-state index < -0.39 is 5.54 Å². The molecule has 1 atom stereocenters. The minimum absolute atomic E-state index is 0.0168. The maximum Gasteiger partial charge on any atom is 0.119 e. The molecule has 4 heteroatoms. The Balaban J connectivity index is 2.57. The Hall–Kier alpha value is -1.10. The molecule has 15 heavy (non-hydrogen) atoms. The highest BCUT2D eigenvalue weighted by atomic mass is 16.5. The van der Waals surface area contributed by atoms with Gasteiger partial charge < -0.3 is 20.7 Å². The maximum absolute atomic E-state index is 8.93. The van der Waals surface area contributed by atoms with Crippen LogP contribution < -0.4 is 10.5 Å². The minimum atomic E-state index is -0.741. The molecule has 0 radical (unpaired) electrons. The van der Waals surface area contributed by atoms with Crippen molar-refractivity contribution in [3.8, 4) is 5.75 Å². The summed E-state index contributed by atoms with van der Waals surface area (Å²) in [5, 5.41) is 17.8. The highest BCUT2D eigenvalue weighted by Gasteiger charge is 2.17. The summed E-state index contributed by atoms with van der Waals surface area (Å²) in [5.74, 6) is 0.645. The summed E-state index contributed by atoms with van der Waals surface area (Å²) in [5.41, 5.74) is 5.76. The standard InChI is InChI=1S/C11H17NO3/c1-11(12,7-14)8-15-10-4-2-3-9(5-10)6-13/h2-5,13-14H,6-8,12H2,1H3. The van der Waals surface area contributed by atoms with Gasteiger partial charge in [-0.05, 0) is 24.6 Å². The quantitative estimate of drug-likeness (QED) is 0.653. The van der Waals surface area contributed by atoms with Gasteiger partial charge in [0, 0.05) is 0 Å². The third-order valence-electron chi connectivity index (χ3n) is 2.01. The number of aliphatic hydroxyl groups is 2. The van der Waals surface area contributed by atoms with Gasteiger partial charge >= 0.3 is 0 Å². The second-order valence-corrected chi connectivity index (χ2v) is 3.91. The van der Waals surface area contributed by atoms with Crippen molar-refractivity contribution in [1.82, 2.24) is 0 Å². The monoisotopic (exact) mass is 211 g/mol. The van der Waals surface area contributed by atoms with Crippen LogP contribution in [0.4, 0.5) is 0 Å². The highest BCUT2D eigenvalue weighted by Crippen LogP contribution is 2.14. The predicted molar refractivity (Wildman–Crippen MR) is 57.5 cm³/mol. The Morgan fingerprint density at radius 3 is 2.73 bits per heavy atom. The van der Waals surface area contributed by atoms with Gasteiger partial charge in [0.05, 0.1) is 18.8 Å². The minimum Gasteiger partial charge on any atom is -0.492 e. The second-order valence-electron chi connectivity index (χ2n) is 3.91. The molecule has 0 aliphatic carbocycles. The largest absolute Gasteiger partial charge is 0.492 e. The molecule has 1 aromatic rings. The van der Waals surface area contributed by atoms with Crippen LogP contribution in [0.15, 0.2) is 24.3 Å². The summed E-state index contributed by atoms with van der Waals surface area (Å²) in [6, 6.07) is 7.13. The third kappa shape index (κ3) is 3.87. The fourth-order valence-corrected chi connectivity index (χ4v) is 1.03. The van der Waals surface area contributed by atoms with Crippen molar-refractivity contribution in [2.24, 2.45) is 5.73 Å². The van der Waals surface area contributed by atoms with Crippen LogP contribution in [0.2, 0.25) is 0 Å². The molecular weight excluding hydrogens is 194 g/mol. The SMILES string of the molecule is CC(N)(CO)COc1cccc(CO)c1. The number of ether oxygens (including phenoxy) is 1. The summed E-state index contributed by atoms with van der Waals surface area (Å²) >= 11 is 0. The molecule has 0 aliphatic heterocycles. The average molecular weight is 211 g/mol. The van der Waals surface area contributed by atoms with E-state index in [-0.39, 0.29) is 19.8 Å². The first kappa shape index (κ1) is 12.0. The van der Waals surface area contributed by atoms with E-state index in [9.17, 15) is 0 Å². The Morgan fingerprint density at radius 2 is 2.13 bits per heavy atom. The topological polar surface area (TPSA) is 75.7 Å². The lowest BCUT2D eigenvalue weighted by Gasteiger charge is -2.21. The summed E-state index contributed by atoms with van der Waals surface area (Å²) in [6.45, 7) is 1.80. The molecule has 4 N–H and O–H groups in total. The molecule has 4 nitrogen and oxygen atoms in total. The van der Waals surface area contributed by atoms with Gasteiger partial charge in [0.1, 0.15) is 12.4 Å². The van der Waals surface area contributed by atoms with Crippen molar-refractivity contribution >= 4 is 0 Å². The highest BCUT2D eigenvalue weighted by molar-refractivity contribution is 5.28. The molecule has 0 heterocycles. The summed E-state index contributed by atoms with van der Waals surface area (Å²) in [6.07, 6.45) is 0. The van der Waals surface area contributed by atoms with E-state index in [1.165, 1.54) is 0 Å². The Morgan fingerprint density at radius 1 is 1.40 bits per heavy atom. The Kier molecular flexibility index (Phi) is 4.08. The molecule has 0 bridgehead atoms. The molecule has 0 spiro atoms. The molecular formula is C11H17NO3. The van der Waals surface area contributed by atoms with Gasteiger partial charge in [0.15, 0.2) is 0 Å². The molecule has 0 amide bonds. The number of hydrogen-bond acceptors (Lipinski definition) is 4. The summed E-state index contributed by atoms with van der Waals surface area (Å²) in [7, 11) is 0. The molecule has 0 aliphatic rings. The predicted octanol–water partition coefficient (Wildman–Crippen LogP) is 0.267. The van der Waals surface area contributed by atoms with Crippen molar-refractivity contribution in [2.45, 2.75) is 19.1 Å². The number of rotatable bonds is 5. The molecule has 0 saturated heterocycles. The van der Waals surface area contributed by atoms with Crippen molar-refractivity contribution in [1.29, 1.82) is 0 Å². The van der Waals surface area contributed by atoms with Crippen LogP contribution in [0.1, 0.15) is 12.5 Å². The van der Waals surface area contributed by atoms with Gasteiger partial charge in [-0.2, -0.15) is 0 Å². The van der Waals surface area contributed by atoms with Crippen LogP contribution in [-0.4, -0.2) is 29.0 Å². The van der Waals surface area contributed by atoms with Crippen LogP contribution in [0.5, 0.6) is 5.75 Å². The van der Waals surface area contributed by atoms with E-state index in [0.717, 1.165) is 5.56 Å². The van der Waals surface area contributed by atoms with Gasteiger partial charge in [-0.3, -0.25) is 0 Å². The van der Waals surface area contributed by atoms with Gasteiger partial charge in [0.2, 0.25) is 0 Å². The summed E-state index contributed by atoms with van der Waals surface area (Å²) in [4.78, 5) is 0. The summed E-state index contributed by atoms with van der Waals surface area (Å²) < 4.78 is 5.41. The van der Waals surface area contributed by atoms with E-state index in [0.29, 0.717) is 5.75 Å². The average Bonchev–Trinajstić information content (AvgIpc) is 2.27. The van der Waals surface area contributed by atoms with Gasteiger partial charge in [-0.1, -0.05) is 12.1 Å². The number of hydrogen-bond donors (Lipinski definition) is 3. The van der Waals surface area contributed by atoms with E-state index in [4.69, 9.17) is 20.7 Å². The fraction of sp³-hybridized carbons (Fsp3) is 0.455. The first-order valence-corrected chi connectivity index (χ1v) is 4.80. The zero-order valence-corrected chi connectivity index (χ0v) is 8.81. The van der Waals surface area contributed by atoms with Crippen LogP contribution in [0.25, 0.3) is 0 Å². The van der Waals surface area contributed by atoms with Crippen LogP contribution >= 0.6 is 0 Å². The van der Waals surface area contributed by atoms with Gasteiger partial charge in [0.25, 0.3) is 0 Å². The third-order valence-corrected chi connectivity index (χ3v) is 2.01. The van der Waals surface area contributed by atoms with E-state index >= 15 is 0 Å². The maximum atomic E-state index is 8.93. The van der Waals surface area contributed by atoms with Gasteiger partial charge in [-0.15, -0.1) is 0 Å². The molecule has 0 saturated carbocycles. The first-order chi connectivity index (χ1) is 7.07. The van der Waals surface area contributed by atoms with Crippen molar-refractivity contribution in [3.63, 3.8) is 0 Å². The van der Waals surface area contributed by atoms with Crippen molar-refractivity contribution < 1.29 is 14.9 Å². The van der Waals surface area contributed by atoms with Crippen LogP contribution in [0.3, 0.4) is 0 Å². The number of aliphatic hydroxyl groups excluding tert-OH is 2. The Labute approximate surface area is 89.3 Å². The zero-order valence-electron chi connectivity index (χ0n) is 8.81. The number of nitrogens with two attached hydrogens (primary N) is 1. The van der Waals surface area contributed by atoms with E-state index in [1.54, 1.807) is 31.2 Å². The molecule has 0 fully saturated rings. The van der Waals surface area contributed by atoms with Crippen molar-refractivity contribution in [2.75, 3.05) is 13.2 Å². The Bertz CT molecular complexity index is 312. The van der Waals surface area contributed by atoms with E-state index in [1.807, 2.05) is 0 Å². The zero-order chi connectivity index (χ0) is 11.3. The van der Waals surface area contributed by atoms with Crippen molar-refractivity contribution in [3.05, 3.63) is 29.8 Å². The molecule has 1 aromatic carbocycles. The number of benzene rings is 1.